The summed E-state index contributed by atoms with van der Waals surface area (Å²) in [5, 5.41) is 9.93. The maximum atomic E-state index is 5.64. The van der Waals surface area contributed by atoms with Crippen LogP contribution < -0.4 is 4.90 Å². The van der Waals surface area contributed by atoms with E-state index >= 15 is 0 Å². The molecule has 0 N–H and O–H groups in total. The predicted octanol–water partition coefficient (Wildman–Crippen LogP) is 4.99. The van der Waals surface area contributed by atoms with Crippen LogP contribution >= 0.6 is 0 Å². The first kappa shape index (κ1) is 25.1. The largest absolute Gasteiger partial charge is 0.378 e. The molecule has 1 aromatic carbocycles. The minimum absolute atomic E-state index is 0.383. The average Bonchev–Trinajstić information content (AvgIpc) is 3.56. The third kappa shape index (κ3) is 5.20. The lowest BCUT2D eigenvalue weighted by Gasteiger charge is -2.38. The van der Waals surface area contributed by atoms with Crippen molar-refractivity contribution in [1.82, 2.24) is 29.3 Å². The Balaban J connectivity index is 1.30. The molecule has 2 aliphatic heterocycles. The number of rotatable bonds is 5. The summed E-state index contributed by atoms with van der Waals surface area (Å²) in [7, 11) is 0. The summed E-state index contributed by atoms with van der Waals surface area (Å²) in [5.74, 6) is 2.63. The van der Waals surface area contributed by atoms with Crippen molar-refractivity contribution in [1.29, 1.82) is 0 Å². The van der Waals surface area contributed by atoms with Gasteiger partial charge in [-0.05, 0) is 56.3 Å². The first-order valence-corrected chi connectivity index (χ1v) is 13.9. The molecule has 8 heteroatoms. The second-order valence-corrected chi connectivity index (χ2v) is 11.9. The molecule has 0 saturated carbocycles. The molecule has 2 saturated heterocycles. The molecule has 6 rings (SSSR count). The molecule has 8 nitrogen and oxygen atoms in total. The molecule has 0 aliphatic carbocycles. The highest BCUT2D eigenvalue weighted by atomic mass is 16.5. The van der Waals surface area contributed by atoms with Crippen LogP contribution in [-0.4, -0.2) is 68.7 Å². The van der Waals surface area contributed by atoms with Crippen LogP contribution in [0.25, 0.3) is 22.7 Å². The van der Waals surface area contributed by atoms with E-state index in [0.29, 0.717) is 5.41 Å². The van der Waals surface area contributed by atoms with Crippen molar-refractivity contribution in [3.63, 3.8) is 0 Å². The second-order valence-electron chi connectivity index (χ2n) is 11.9. The molecule has 38 heavy (non-hydrogen) atoms. The first-order chi connectivity index (χ1) is 18.3. The Labute approximate surface area is 225 Å². The first-order valence-electron chi connectivity index (χ1n) is 13.9. The standard InChI is InChI=1S/C30H39N7O/c1-22-6-5-7-23(18-22)26-10-13-36(33-26)27-20-29(35-14-16-38-17-15-35)37-28(31-27)19-25(32-37)21-34-11-8-24(9-12-34)30(2,3)4/h5-7,10,13,18-20,24H,8-9,11-12,14-17,21H2,1-4H3. The summed E-state index contributed by atoms with van der Waals surface area (Å²) >= 11 is 0. The van der Waals surface area contributed by atoms with E-state index in [1.54, 1.807) is 0 Å². The summed E-state index contributed by atoms with van der Waals surface area (Å²) in [6.07, 6.45) is 4.50. The Bertz CT molecular complexity index is 1400. The van der Waals surface area contributed by atoms with E-state index in [1.165, 1.54) is 18.4 Å². The number of benzene rings is 1. The van der Waals surface area contributed by atoms with Crippen LogP contribution in [0.4, 0.5) is 5.82 Å². The smallest absolute Gasteiger partial charge is 0.160 e. The number of likely N-dealkylation sites (tertiary alicyclic amines) is 1. The molecule has 0 bridgehead atoms. The van der Waals surface area contributed by atoms with Gasteiger partial charge in [-0.1, -0.05) is 44.5 Å². The molecular formula is C30H39N7O. The van der Waals surface area contributed by atoms with Crippen LogP contribution in [0.3, 0.4) is 0 Å². The van der Waals surface area contributed by atoms with Gasteiger partial charge < -0.3 is 9.64 Å². The van der Waals surface area contributed by atoms with Crippen LogP contribution in [0.5, 0.6) is 0 Å². The zero-order valence-corrected chi connectivity index (χ0v) is 23.1. The third-order valence-corrected chi connectivity index (χ3v) is 8.12. The summed E-state index contributed by atoms with van der Waals surface area (Å²) in [6.45, 7) is 15.4. The van der Waals surface area contributed by atoms with Crippen LogP contribution in [0.15, 0.2) is 48.7 Å². The topological polar surface area (TPSA) is 63.7 Å². The van der Waals surface area contributed by atoms with Crippen molar-refractivity contribution in [2.24, 2.45) is 11.3 Å². The van der Waals surface area contributed by atoms with Gasteiger partial charge in [0.2, 0.25) is 0 Å². The molecule has 200 valence electrons. The number of hydrogen-bond acceptors (Lipinski definition) is 6. The lowest BCUT2D eigenvalue weighted by Crippen LogP contribution is -2.38. The fraction of sp³-hybridized carbons (Fsp3) is 0.500. The Morgan fingerprint density at radius 2 is 1.74 bits per heavy atom. The summed E-state index contributed by atoms with van der Waals surface area (Å²) in [4.78, 5) is 9.90. The highest BCUT2D eigenvalue weighted by molar-refractivity contribution is 5.60. The number of piperidine rings is 1. The van der Waals surface area contributed by atoms with E-state index in [4.69, 9.17) is 19.9 Å². The van der Waals surface area contributed by atoms with Gasteiger partial charge in [0.15, 0.2) is 11.5 Å². The Kier molecular flexibility index (Phi) is 6.70. The average molecular weight is 514 g/mol. The van der Waals surface area contributed by atoms with Crippen molar-refractivity contribution < 1.29 is 4.74 Å². The maximum Gasteiger partial charge on any atom is 0.160 e. The molecule has 0 radical (unpaired) electrons. The van der Waals surface area contributed by atoms with Crippen LogP contribution in [-0.2, 0) is 11.3 Å². The van der Waals surface area contributed by atoms with Crippen LogP contribution in [0.2, 0.25) is 0 Å². The zero-order valence-electron chi connectivity index (χ0n) is 23.1. The van der Waals surface area contributed by atoms with E-state index < -0.39 is 0 Å². The van der Waals surface area contributed by atoms with Crippen molar-refractivity contribution in [2.45, 2.75) is 47.1 Å². The van der Waals surface area contributed by atoms with Crippen molar-refractivity contribution in [3.05, 3.63) is 59.9 Å². The Morgan fingerprint density at radius 1 is 0.947 bits per heavy atom. The highest BCUT2D eigenvalue weighted by Crippen LogP contribution is 2.34. The molecular weight excluding hydrogens is 474 g/mol. The van der Waals surface area contributed by atoms with Gasteiger partial charge in [-0.15, -0.1) is 0 Å². The van der Waals surface area contributed by atoms with Gasteiger partial charge in [-0.2, -0.15) is 14.7 Å². The van der Waals surface area contributed by atoms with E-state index in [0.717, 1.165) is 86.1 Å². The molecule has 0 spiro atoms. The molecule has 0 unspecified atom stereocenters. The van der Waals surface area contributed by atoms with Crippen molar-refractivity contribution in [2.75, 3.05) is 44.3 Å². The number of fused-ring (bicyclic) bond motifs is 1. The van der Waals surface area contributed by atoms with E-state index in [-0.39, 0.29) is 0 Å². The lowest BCUT2D eigenvalue weighted by atomic mass is 9.75. The molecule has 2 fully saturated rings. The normalized spacial score (nSPS) is 17.9. The summed E-state index contributed by atoms with van der Waals surface area (Å²) < 4.78 is 9.53. The monoisotopic (exact) mass is 513 g/mol. The van der Waals surface area contributed by atoms with Gasteiger partial charge in [-0.3, -0.25) is 4.90 Å². The second kappa shape index (κ2) is 10.2. The molecule has 2 aliphatic rings. The molecule has 3 aromatic heterocycles. The fourth-order valence-electron chi connectivity index (χ4n) is 5.80. The molecule has 0 atom stereocenters. The maximum absolute atomic E-state index is 5.64. The van der Waals surface area contributed by atoms with Crippen LogP contribution in [0, 0.1) is 18.3 Å². The van der Waals surface area contributed by atoms with Crippen molar-refractivity contribution >= 4 is 11.5 Å². The number of anilines is 1. The van der Waals surface area contributed by atoms with E-state index in [9.17, 15) is 0 Å². The quantitative estimate of drug-likeness (QED) is 0.375. The minimum atomic E-state index is 0.383. The third-order valence-electron chi connectivity index (χ3n) is 8.12. The molecule has 0 amide bonds. The van der Waals surface area contributed by atoms with Gasteiger partial charge in [0.1, 0.15) is 5.82 Å². The van der Waals surface area contributed by atoms with Gasteiger partial charge in [-0.25, -0.2) is 9.67 Å². The fourth-order valence-corrected chi connectivity index (χ4v) is 5.80. The summed E-state index contributed by atoms with van der Waals surface area (Å²) in [6, 6.07) is 14.8. The van der Waals surface area contributed by atoms with E-state index in [2.05, 4.69) is 80.0 Å². The number of hydrogen-bond donors (Lipinski definition) is 0. The number of ether oxygens (including phenoxy) is 1. The minimum Gasteiger partial charge on any atom is -0.378 e. The SMILES string of the molecule is Cc1cccc(-c2ccn(-c3cc(N4CCOCC4)n4nc(CN5CCC(C(C)(C)C)CC5)cc4n3)n2)c1. The van der Waals surface area contributed by atoms with E-state index in [1.807, 2.05) is 15.4 Å². The van der Waals surface area contributed by atoms with Crippen molar-refractivity contribution in [3.8, 4) is 17.1 Å². The zero-order chi connectivity index (χ0) is 26.3. The Morgan fingerprint density at radius 3 is 2.47 bits per heavy atom. The number of aromatic nitrogens is 5. The number of nitrogens with zero attached hydrogens (tertiary/aromatic N) is 7. The predicted molar refractivity (Wildman–Crippen MR) is 151 cm³/mol. The molecule has 5 heterocycles. The number of morpholine rings is 1. The number of aryl methyl sites for hydroxylation is 1. The summed E-state index contributed by atoms with van der Waals surface area (Å²) in [5.41, 5.74) is 5.58. The van der Waals surface area contributed by atoms with Gasteiger partial charge in [0, 0.05) is 43.5 Å². The lowest BCUT2D eigenvalue weighted by molar-refractivity contribution is 0.107. The highest BCUT2D eigenvalue weighted by Gasteiger charge is 2.29. The van der Waals surface area contributed by atoms with Gasteiger partial charge >= 0.3 is 0 Å². The van der Waals surface area contributed by atoms with Gasteiger partial charge in [0.05, 0.1) is 24.6 Å². The van der Waals surface area contributed by atoms with Crippen LogP contribution in [0.1, 0.15) is 44.9 Å². The molecule has 4 aromatic rings. The van der Waals surface area contributed by atoms with Gasteiger partial charge in [0.25, 0.3) is 0 Å². The Hall–Kier alpha value is -3.23.